The summed E-state index contributed by atoms with van der Waals surface area (Å²) in [6.45, 7) is 10.7. The molecule has 31 heavy (non-hydrogen) atoms. The third-order valence-electron chi connectivity index (χ3n) is 5.92. The van der Waals surface area contributed by atoms with E-state index in [-0.39, 0.29) is 41.3 Å². The Morgan fingerprint density at radius 1 is 1.06 bits per heavy atom. The molecule has 0 unspecified atom stereocenters. The van der Waals surface area contributed by atoms with Gasteiger partial charge in [0.1, 0.15) is 0 Å². The molecule has 0 aliphatic carbocycles. The van der Waals surface area contributed by atoms with Gasteiger partial charge in [-0.1, -0.05) is 13.8 Å². The first kappa shape index (κ1) is 22.8. The van der Waals surface area contributed by atoms with E-state index in [4.69, 9.17) is 0 Å². The van der Waals surface area contributed by atoms with Gasteiger partial charge in [-0.25, -0.2) is 4.79 Å². The minimum absolute atomic E-state index is 0.0312. The van der Waals surface area contributed by atoms with Gasteiger partial charge in [0.15, 0.2) is 0 Å². The van der Waals surface area contributed by atoms with E-state index in [0.29, 0.717) is 56.7 Å². The molecule has 0 aromatic heterocycles. The van der Waals surface area contributed by atoms with Crippen molar-refractivity contribution in [3.63, 3.8) is 0 Å². The molecule has 1 aromatic rings. The Balaban J connectivity index is 1.61. The molecule has 1 aromatic carbocycles. The molecule has 8 heteroatoms. The van der Waals surface area contributed by atoms with Crippen LogP contribution in [0.25, 0.3) is 0 Å². The normalized spacial score (nSPS) is 16.7. The molecule has 0 atom stereocenters. The van der Waals surface area contributed by atoms with Crippen LogP contribution in [0.3, 0.4) is 0 Å². The van der Waals surface area contributed by atoms with E-state index in [1.54, 1.807) is 17.0 Å². The first-order chi connectivity index (χ1) is 14.8. The molecule has 0 saturated carbocycles. The monoisotopic (exact) mass is 428 g/mol. The number of fused-ring (bicyclic) bond motifs is 1. The van der Waals surface area contributed by atoms with E-state index >= 15 is 0 Å². The Hall–Kier alpha value is -2.90. The molecule has 2 aliphatic heterocycles. The lowest BCUT2D eigenvalue weighted by Crippen LogP contribution is -2.50. The van der Waals surface area contributed by atoms with Gasteiger partial charge in [0.05, 0.1) is 11.1 Å². The van der Waals surface area contributed by atoms with Crippen LogP contribution in [0.2, 0.25) is 0 Å². The zero-order valence-corrected chi connectivity index (χ0v) is 18.8. The van der Waals surface area contributed by atoms with E-state index in [1.807, 2.05) is 32.6 Å². The third-order valence-corrected chi connectivity index (χ3v) is 5.92. The molecule has 0 bridgehead atoms. The Bertz CT molecular complexity index is 870. The van der Waals surface area contributed by atoms with E-state index in [2.05, 4.69) is 5.32 Å². The van der Waals surface area contributed by atoms with Crippen LogP contribution in [0.15, 0.2) is 18.2 Å². The van der Waals surface area contributed by atoms with Gasteiger partial charge in [0.25, 0.3) is 17.7 Å². The van der Waals surface area contributed by atoms with Crippen LogP contribution in [-0.4, -0.2) is 77.2 Å². The largest absolute Gasteiger partial charge is 0.349 e. The molecule has 1 fully saturated rings. The Morgan fingerprint density at radius 2 is 1.68 bits per heavy atom. The SMILES string of the molecule is CCN(CC)C(=O)N1CCC(NC(=O)c2ccc3c(c2)C(=O)N(CC(C)C)C3=O)CC1. The highest BCUT2D eigenvalue weighted by molar-refractivity contribution is 6.22. The van der Waals surface area contributed by atoms with Gasteiger partial charge in [-0.15, -0.1) is 0 Å². The molecule has 168 valence electrons. The Morgan fingerprint density at radius 3 is 2.26 bits per heavy atom. The van der Waals surface area contributed by atoms with Gasteiger partial charge in [-0.05, 0) is 50.8 Å². The second-order valence-electron chi connectivity index (χ2n) is 8.56. The first-order valence-electron chi connectivity index (χ1n) is 11.1. The van der Waals surface area contributed by atoms with Crippen LogP contribution in [-0.2, 0) is 0 Å². The molecular weight excluding hydrogens is 396 g/mol. The standard InChI is InChI=1S/C23H32N4O4/c1-5-25(6-2)23(31)26-11-9-17(10-12-26)24-20(28)16-7-8-18-19(13-16)22(30)27(21(18)29)14-15(3)4/h7-8,13,15,17H,5-6,9-12,14H2,1-4H3,(H,24,28). The number of hydrogen-bond acceptors (Lipinski definition) is 4. The van der Waals surface area contributed by atoms with Crippen LogP contribution in [0.4, 0.5) is 4.79 Å². The molecule has 8 nitrogen and oxygen atoms in total. The fraction of sp³-hybridized carbons (Fsp3) is 0.565. The zero-order chi connectivity index (χ0) is 22.7. The lowest BCUT2D eigenvalue weighted by atomic mass is 10.0. The van der Waals surface area contributed by atoms with Gasteiger partial charge in [-0.2, -0.15) is 0 Å². The van der Waals surface area contributed by atoms with Crippen molar-refractivity contribution in [2.24, 2.45) is 5.92 Å². The molecule has 0 radical (unpaired) electrons. The van der Waals surface area contributed by atoms with Gasteiger partial charge in [-0.3, -0.25) is 19.3 Å². The second-order valence-corrected chi connectivity index (χ2v) is 8.56. The van der Waals surface area contributed by atoms with Crippen molar-refractivity contribution in [2.75, 3.05) is 32.7 Å². The second kappa shape index (κ2) is 9.49. The minimum Gasteiger partial charge on any atom is -0.349 e. The van der Waals surface area contributed by atoms with Crippen LogP contribution in [0.5, 0.6) is 0 Å². The van der Waals surface area contributed by atoms with Crippen molar-refractivity contribution in [3.8, 4) is 0 Å². The average molecular weight is 429 g/mol. The maximum absolute atomic E-state index is 12.8. The number of amides is 5. The number of nitrogens with one attached hydrogen (secondary N) is 1. The maximum Gasteiger partial charge on any atom is 0.319 e. The van der Waals surface area contributed by atoms with Gasteiger partial charge < -0.3 is 15.1 Å². The van der Waals surface area contributed by atoms with E-state index in [9.17, 15) is 19.2 Å². The molecule has 3 rings (SSSR count). The number of hydrogen-bond donors (Lipinski definition) is 1. The van der Waals surface area contributed by atoms with Crippen molar-refractivity contribution in [2.45, 2.75) is 46.6 Å². The molecule has 1 saturated heterocycles. The minimum atomic E-state index is -0.341. The summed E-state index contributed by atoms with van der Waals surface area (Å²) in [6, 6.07) is 4.69. The molecule has 5 amide bonds. The predicted molar refractivity (Wildman–Crippen MR) is 117 cm³/mol. The highest BCUT2D eigenvalue weighted by Crippen LogP contribution is 2.25. The summed E-state index contributed by atoms with van der Waals surface area (Å²) in [5, 5.41) is 3.01. The highest BCUT2D eigenvalue weighted by atomic mass is 16.2. The number of nitrogens with zero attached hydrogens (tertiary/aromatic N) is 3. The summed E-state index contributed by atoms with van der Waals surface area (Å²) in [4.78, 5) is 55.2. The summed E-state index contributed by atoms with van der Waals surface area (Å²) in [6.07, 6.45) is 1.37. The average Bonchev–Trinajstić information content (AvgIpc) is 2.99. The van der Waals surface area contributed by atoms with Crippen molar-refractivity contribution >= 4 is 23.8 Å². The van der Waals surface area contributed by atoms with E-state index in [1.165, 1.54) is 11.0 Å². The van der Waals surface area contributed by atoms with Crippen molar-refractivity contribution in [1.29, 1.82) is 0 Å². The molecular formula is C23H32N4O4. The lowest BCUT2D eigenvalue weighted by Gasteiger charge is -2.35. The highest BCUT2D eigenvalue weighted by Gasteiger charge is 2.36. The number of piperidine rings is 1. The topological polar surface area (TPSA) is 90.0 Å². The smallest absolute Gasteiger partial charge is 0.319 e. The molecule has 2 aliphatic rings. The summed E-state index contributed by atoms with van der Waals surface area (Å²) in [5.74, 6) is -0.735. The van der Waals surface area contributed by atoms with Crippen LogP contribution >= 0.6 is 0 Å². The van der Waals surface area contributed by atoms with Gasteiger partial charge >= 0.3 is 6.03 Å². The lowest BCUT2D eigenvalue weighted by molar-refractivity contribution is 0.0636. The van der Waals surface area contributed by atoms with Gasteiger partial charge in [0, 0.05) is 44.3 Å². The number of carbonyl (C=O) groups is 4. The van der Waals surface area contributed by atoms with E-state index < -0.39 is 0 Å². The number of likely N-dealkylation sites (tertiary alicyclic amines) is 1. The summed E-state index contributed by atoms with van der Waals surface area (Å²) >= 11 is 0. The van der Waals surface area contributed by atoms with Crippen LogP contribution < -0.4 is 5.32 Å². The van der Waals surface area contributed by atoms with E-state index in [0.717, 1.165) is 0 Å². The number of imide groups is 1. The fourth-order valence-electron chi connectivity index (χ4n) is 4.14. The quantitative estimate of drug-likeness (QED) is 0.705. The van der Waals surface area contributed by atoms with Crippen molar-refractivity contribution in [3.05, 3.63) is 34.9 Å². The number of benzene rings is 1. The van der Waals surface area contributed by atoms with Crippen LogP contribution in [0, 0.1) is 5.92 Å². The fourth-order valence-corrected chi connectivity index (χ4v) is 4.14. The maximum atomic E-state index is 12.8. The molecule has 0 spiro atoms. The van der Waals surface area contributed by atoms with Gasteiger partial charge in [0.2, 0.25) is 0 Å². The number of rotatable bonds is 6. The number of carbonyl (C=O) groups excluding carboxylic acids is 4. The third kappa shape index (κ3) is 4.73. The zero-order valence-electron chi connectivity index (χ0n) is 18.8. The Kier molecular flexibility index (Phi) is 6.97. The predicted octanol–water partition coefficient (Wildman–Crippen LogP) is 2.59. The molecule has 2 heterocycles. The van der Waals surface area contributed by atoms with Crippen molar-refractivity contribution < 1.29 is 19.2 Å². The number of urea groups is 1. The Labute approximate surface area is 183 Å². The van der Waals surface area contributed by atoms with Crippen LogP contribution in [0.1, 0.15) is 71.6 Å². The summed E-state index contributed by atoms with van der Waals surface area (Å²) in [5.41, 5.74) is 1.01. The van der Waals surface area contributed by atoms with Crippen molar-refractivity contribution in [1.82, 2.24) is 20.0 Å². The summed E-state index contributed by atoms with van der Waals surface area (Å²) in [7, 11) is 0. The first-order valence-corrected chi connectivity index (χ1v) is 11.1. The molecule has 1 N–H and O–H groups in total. The summed E-state index contributed by atoms with van der Waals surface area (Å²) < 4.78 is 0.